The molecule has 1 heterocycles. The molecule has 0 radical (unpaired) electrons. The number of nitrogens with one attached hydrogen (secondary N) is 1. The van der Waals surface area contributed by atoms with Gasteiger partial charge in [0.25, 0.3) is 0 Å². The molecule has 0 saturated carbocycles. The number of nitrogens with zero attached hydrogens (tertiary/aromatic N) is 1. The molecular formula is C15H15Cl2FN2O. The number of halogens is 3. The highest BCUT2D eigenvalue weighted by Crippen LogP contribution is 2.33. The van der Waals surface area contributed by atoms with E-state index in [-0.39, 0.29) is 11.9 Å². The molecule has 0 saturated heterocycles. The fraction of sp³-hybridized carbons (Fsp3) is 0.267. The quantitative estimate of drug-likeness (QED) is 0.891. The minimum Gasteiger partial charge on any atom is -0.496 e. The van der Waals surface area contributed by atoms with E-state index in [2.05, 4.69) is 10.3 Å². The van der Waals surface area contributed by atoms with E-state index < -0.39 is 0 Å². The van der Waals surface area contributed by atoms with E-state index >= 15 is 0 Å². The molecule has 0 aliphatic rings. The number of hydrogen-bond acceptors (Lipinski definition) is 3. The smallest absolute Gasteiger partial charge is 0.124 e. The summed E-state index contributed by atoms with van der Waals surface area (Å²) in [4.78, 5) is 4.27. The zero-order chi connectivity index (χ0) is 15.4. The van der Waals surface area contributed by atoms with E-state index in [4.69, 9.17) is 27.9 Å². The van der Waals surface area contributed by atoms with Crippen LogP contribution in [0.4, 0.5) is 4.39 Å². The summed E-state index contributed by atoms with van der Waals surface area (Å²) < 4.78 is 18.9. The van der Waals surface area contributed by atoms with E-state index in [1.54, 1.807) is 12.1 Å². The Bertz CT molecular complexity index is 637. The van der Waals surface area contributed by atoms with Crippen LogP contribution in [0.1, 0.15) is 24.2 Å². The summed E-state index contributed by atoms with van der Waals surface area (Å²) in [6, 6.07) is 5.58. The lowest BCUT2D eigenvalue weighted by molar-refractivity contribution is 0.402. The second-order valence-electron chi connectivity index (χ2n) is 4.40. The summed E-state index contributed by atoms with van der Waals surface area (Å²) in [6.07, 6.45) is 1.51. The van der Waals surface area contributed by atoms with Crippen LogP contribution in [0.3, 0.4) is 0 Å². The summed E-state index contributed by atoms with van der Waals surface area (Å²) in [7, 11) is 1.54. The first kappa shape index (κ1) is 16.0. The van der Waals surface area contributed by atoms with Crippen molar-refractivity contribution in [2.75, 3.05) is 13.7 Å². The maximum absolute atomic E-state index is 13.6. The lowest BCUT2D eigenvalue weighted by Crippen LogP contribution is -2.24. The summed E-state index contributed by atoms with van der Waals surface area (Å²) >= 11 is 12.1. The molecule has 0 bridgehead atoms. The number of pyridine rings is 1. The first-order valence-electron chi connectivity index (χ1n) is 6.44. The first-order valence-corrected chi connectivity index (χ1v) is 7.20. The van der Waals surface area contributed by atoms with Crippen molar-refractivity contribution in [3.05, 3.63) is 57.6 Å². The van der Waals surface area contributed by atoms with Crippen LogP contribution >= 0.6 is 23.2 Å². The Hall–Kier alpha value is -1.36. The van der Waals surface area contributed by atoms with Crippen LogP contribution in [-0.2, 0) is 0 Å². The van der Waals surface area contributed by atoms with Gasteiger partial charge in [-0.1, -0.05) is 30.1 Å². The number of benzene rings is 1. The number of methoxy groups -OCH3 is 1. The van der Waals surface area contributed by atoms with Crippen molar-refractivity contribution < 1.29 is 9.13 Å². The fourth-order valence-electron chi connectivity index (χ4n) is 2.13. The van der Waals surface area contributed by atoms with Crippen LogP contribution in [0.5, 0.6) is 5.75 Å². The van der Waals surface area contributed by atoms with Crippen LogP contribution in [0.15, 0.2) is 30.5 Å². The maximum Gasteiger partial charge on any atom is 0.124 e. The maximum atomic E-state index is 13.6. The van der Waals surface area contributed by atoms with Crippen molar-refractivity contribution in [3.8, 4) is 5.75 Å². The minimum atomic E-state index is -0.384. The Labute approximate surface area is 133 Å². The molecule has 0 fully saturated rings. The van der Waals surface area contributed by atoms with Crippen LogP contribution in [0.25, 0.3) is 0 Å². The average Bonchev–Trinajstić information content (AvgIpc) is 2.45. The van der Waals surface area contributed by atoms with Crippen LogP contribution in [-0.4, -0.2) is 18.6 Å². The predicted molar refractivity (Wildman–Crippen MR) is 82.7 cm³/mol. The van der Waals surface area contributed by atoms with E-state index in [1.165, 1.54) is 25.4 Å². The van der Waals surface area contributed by atoms with E-state index in [9.17, 15) is 4.39 Å². The van der Waals surface area contributed by atoms with E-state index in [1.807, 2.05) is 6.92 Å². The number of rotatable bonds is 5. The Morgan fingerprint density at radius 1 is 1.33 bits per heavy atom. The van der Waals surface area contributed by atoms with Gasteiger partial charge in [0.1, 0.15) is 11.6 Å². The molecule has 3 nitrogen and oxygen atoms in total. The lowest BCUT2D eigenvalue weighted by Gasteiger charge is -2.21. The van der Waals surface area contributed by atoms with Gasteiger partial charge in [0, 0.05) is 11.8 Å². The van der Waals surface area contributed by atoms with Crippen LogP contribution < -0.4 is 10.1 Å². The highest BCUT2D eigenvalue weighted by molar-refractivity contribution is 6.34. The normalized spacial score (nSPS) is 12.2. The molecule has 0 spiro atoms. The third kappa shape index (κ3) is 3.64. The van der Waals surface area contributed by atoms with E-state index in [0.717, 1.165) is 0 Å². The van der Waals surface area contributed by atoms with E-state index in [0.29, 0.717) is 33.6 Å². The predicted octanol–water partition coefficient (Wildman–Crippen LogP) is 4.24. The zero-order valence-corrected chi connectivity index (χ0v) is 13.2. The molecule has 1 aromatic carbocycles. The number of hydrogen-bond donors (Lipinski definition) is 1. The standard InChI is InChI=1S/C15H15Cl2FN2O/c1-3-19-14(15-12(17)6-9(16)8-20-15)11-7-10(18)4-5-13(11)21-2/h4-8,14,19H,3H2,1-2H3. The molecule has 6 heteroatoms. The number of ether oxygens (including phenoxy) is 1. The van der Waals surface area contributed by atoms with Gasteiger partial charge in [-0.05, 0) is 30.8 Å². The molecule has 1 N–H and O–H groups in total. The summed E-state index contributed by atoms with van der Waals surface area (Å²) in [5.41, 5.74) is 1.21. The van der Waals surface area contributed by atoms with Gasteiger partial charge in [-0.15, -0.1) is 0 Å². The van der Waals surface area contributed by atoms with Gasteiger partial charge in [0.2, 0.25) is 0 Å². The van der Waals surface area contributed by atoms with Crippen molar-refractivity contribution in [2.45, 2.75) is 13.0 Å². The van der Waals surface area contributed by atoms with Crippen molar-refractivity contribution in [3.63, 3.8) is 0 Å². The molecule has 2 aromatic rings. The van der Waals surface area contributed by atoms with Gasteiger partial charge in [0.05, 0.1) is 28.9 Å². The Balaban J connectivity index is 2.55. The molecule has 2 rings (SSSR count). The molecular weight excluding hydrogens is 314 g/mol. The first-order chi connectivity index (χ1) is 10.1. The molecule has 0 aliphatic carbocycles. The van der Waals surface area contributed by atoms with Crippen molar-refractivity contribution in [1.82, 2.24) is 10.3 Å². The van der Waals surface area contributed by atoms with Gasteiger partial charge in [-0.3, -0.25) is 4.98 Å². The van der Waals surface area contributed by atoms with Gasteiger partial charge < -0.3 is 10.1 Å². The highest BCUT2D eigenvalue weighted by Gasteiger charge is 2.22. The third-order valence-electron chi connectivity index (χ3n) is 3.02. The van der Waals surface area contributed by atoms with Gasteiger partial charge in [-0.25, -0.2) is 4.39 Å². The van der Waals surface area contributed by atoms with Crippen LogP contribution in [0.2, 0.25) is 10.0 Å². The molecule has 112 valence electrons. The third-order valence-corrected chi connectivity index (χ3v) is 3.53. The van der Waals surface area contributed by atoms with Crippen LogP contribution in [0, 0.1) is 5.82 Å². The second kappa shape index (κ2) is 7.07. The minimum absolute atomic E-state index is 0.348. The average molecular weight is 329 g/mol. The SMILES string of the molecule is CCNC(c1cc(F)ccc1OC)c1ncc(Cl)cc1Cl. The van der Waals surface area contributed by atoms with Crippen molar-refractivity contribution in [2.24, 2.45) is 0 Å². The molecule has 0 aliphatic heterocycles. The molecule has 1 atom stereocenters. The molecule has 1 aromatic heterocycles. The van der Waals surface area contributed by atoms with Gasteiger partial charge in [-0.2, -0.15) is 0 Å². The Morgan fingerprint density at radius 2 is 2.10 bits per heavy atom. The molecule has 0 amide bonds. The molecule has 21 heavy (non-hydrogen) atoms. The summed E-state index contributed by atoms with van der Waals surface area (Å²) in [5.74, 6) is 0.217. The van der Waals surface area contributed by atoms with Gasteiger partial charge >= 0.3 is 0 Å². The fourth-order valence-corrected chi connectivity index (χ4v) is 2.62. The van der Waals surface area contributed by atoms with Crippen molar-refractivity contribution in [1.29, 1.82) is 0 Å². The highest BCUT2D eigenvalue weighted by atomic mass is 35.5. The largest absolute Gasteiger partial charge is 0.496 e. The second-order valence-corrected chi connectivity index (χ2v) is 5.24. The molecule has 1 unspecified atom stereocenters. The topological polar surface area (TPSA) is 34.1 Å². The summed E-state index contributed by atoms with van der Waals surface area (Å²) in [5, 5.41) is 4.11. The Morgan fingerprint density at radius 3 is 2.71 bits per heavy atom. The monoisotopic (exact) mass is 328 g/mol. The van der Waals surface area contributed by atoms with Gasteiger partial charge in [0.15, 0.2) is 0 Å². The number of aromatic nitrogens is 1. The zero-order valence-electron chi connectivity index (χ0n) is 11.7. The lowest BCUT2D eigenvalue weighted by atomic mass is 10.0. The summed E-state index contributed by atoms with van der Waals surface area (Å²) in [6.45, 7) is 2.60. The van der Waals surface area contributed by atoms with Crippen molar-refractivity contribution >= 4 is 23.2 Å². The Kier molecular flexibility index (Phi) is 5.39.